The third-order valence-corrected chi connectivity index (χ3v) is 4.55. The standard InChI is InChI=1S/C16H22ClFO2/c1-2-20-16(9-4-3-5-10-16)15(19)11-12-13(17)7-6-8-14(12)18/h6-8,15,19H,2-5,9-11H2,1H3. The summed E-state index contributed by atoms with van der Waals surface area (Å²) in [5.74, 6) is -0.362. The van der Waals surface area contributed by atoms with E-state index in [1.165, 1.54) is 12.5 Å². The molecule has 1 aromatic rings. The first-order chi connectivity index (χ1) is 9.59. The fraction of sp³-hybridized carbons (Fsp3) is 0.625. The van der Waals surface area contributed by atoms with E-state index in [9.17, 15) is 9.50 Å². The van der Waals surface area contributed by atoms with Crippen molar-refractivity contribution in [3.63, 3.8) is 0 Å². The lowest BCUT2D eigenvalue weighted by Gasteiger charge is -2.41. The summed E-state index contributed by atoms with van der Waals surface area (Å²) in [4.78, 5) is 0. The maximum Gasteiger partial charge on any atom is 0.127 e. The Labute approximate surface area is 124 Å². The van der Waals surface area contributed by atoms with Crippen molar-refractivity contribution < 1.29 is 14.2 Å². The Morgan fingerprint density at radius 1 is 1.35 bits per heavy atom. The highest BCUT2D eigenvalue weighted by molar-refractivity contribution is 6.31. The molecule has 0 spiro atoms. The average Bonchev–Trinajstić information content (AvgIpc) is 2.44. The zero-order valence-corrected chi connectivity index (χ0v) is 12.6. The fourth-order valence-electron chi connectivity index (χ4n) is 3.12. The summed E-state index contributed by atoms with van der Waals surface area (Å²) in [7, 11) is 0. The van der Waals surface area contributed by atoms with E-state index in [-0.39, 0.29) is 12.2 Å². The van der Waals surface area contributed by atoms with Crippen molar-refractivity contribution in [3.8, 4) is 0 Å². The average molecular weight is 301 g/mol. The highest BCUT2D eigenvalue weighted by Gasteiger charge is 2.40. The highest BCUT2D eigenvalue weighted by atomic mass is 35.5. The third kappa shape index (κ3) is 3.33. The molecule has 1 unspecified atom stereocenters. The van der Waals surface area contributed by atoms with Crippen molar-refractivity contribution in [2.75, 3.05) is 6.61 Å². The maximum absolute atomic E-state index is 13.9. The number of ether oxygens (including phenoxy) is 1. The Balaban J connectivity index is 2.18. The predicted molar refractivity (Wildman–Crippen MR) is 78.6 cm³/mol. The van der Waals surface area contributed by atoms with Gasteiger partial charge in [-0.15, -0.1) is 0 Å². The van der Waals surface area contributed by atoms with E-state index >= 15 is 0 Å². The normalized spacial score (nSPS) is 19.8. The molecule has 1 fully saturated rings. The van der Waals surface area contributed by atoms with Crippen molar-refractivity contribution in [1.82, 2.24) is 0 Å². The molecule has 0 aromatic heterocycles. The number of benzene rings is 1. The first-order valence-corrected chi connectivity index (χ1v) is 7.72. The van der Waals surface area contributed by atoms with Crippen LogP contribution in [0.3, 0.4) is 0 Å². The van der Waals surface area contributed by atoms with Crippen LogP contribution in [0.4, 0.5) is 4.39 Å². The second kappa shape index (κ2) is 6.88. The number of rotatable bonds is 5. The van der Waals surface area contributed by atoms with Crippen LogP contribution in [0.2, 0.25) is 5.02 Å². The molecular weight excluding hydrogens is 279 g/mol. The molecule has 112 valence electrons. The first-order valence-electron chi connectivity index (χ1n) is 7.34. The summed E-state index contributed by atoms with van der Waals surface area (Å²) in [5.41, 5.74) is -0.162. The van der Waals surface area contributed by atoms with Crippen LogP contribution in [-0.4, -0.2) is 23.4 Å². The van der Waals surface area contributed by atoms with E-state index in [0.29, 0.717) is 17.2 Å². The second-order valence-electron chi connectivity index (χ2n) is 5.48. The van der Waals surface area contributed by atoms with Crippen LogP contribution in [0, 0.1) is 5.82 Å². The summed E-state index contributed by atoms with van der Waals surface area (Å²) in [6.07, 6.45) is 4.39. The van der Waals surface area contributed by atoms with Gasteiger partial charge in [0.1, 0.15) is 5.82 Å². The topological polar surface area (TPSA) is 29.5 Å². The molecule has 0 aliphatic heterocycles. The van der Waals surface area contributed by atoms with E-state index in [1.54, 1.807) is 12.1 Å². The highest BCUT2D eigenvalue weighted by Crippen LogP contribution is 2.36. The van der Waals surface area contributed by atoms with Gasteiger partial charge in [0.05, 0.1) is 11.7 Å². The van der Waals surface area contributed by atoms with Gasteiger partial charge >= 0.3 is 0 Å². The van der Waals surface area contributed by atoms with Gasteiger partial charge < -0.3 is 9.84 Å². The summed E-state index contributed by atoms with van der Waals surface area (Å²) in [6.45, 7) is 2.49. The van der Waals surface area contributed by atoms with Gasteiger partial charge in [0, 0.05) is 23.6 Å². The molecule has 4 heteroatoms. The molecule has 0 amide bonds. The Bertz CT molecular complexity index is 418. The van der Waals surface area contributed by atoms with Crippen LogP contribution >= 0.6 is 11.6 Å². The number of aliphatic hydroxyl groups excluding tert-OH is 1. The number of halogens is 2. The van der Waals surface area contributed by atoms with Crippen LogP contribution in [0.25, 0.3) is 0 Å². The fourth-order valence-corrected chi connectivity index (χ4v) is 3.36. The molecule has 0 radical (unpaired) electrons. The molecule has 20 heavy (non-hydrogen) atoms. The van der Waals surface area contributed by atoms with Gasteiger partial charge in [0.15, 0.2) is 0 Å². The van der Waals surface area contributed by atoms with E-state index in [4.69, 9.17) is 16.3 Å². The van der Waals surface area contributed by atoms with Crippen LogP contribution in [0.5, 0.6) is 0 Å². The Morgan fingerprint density at radius 2 is 2.05 bits per heavy atom. The van der Waals surface area contributed by atoms with Crippen LogP contribution in [0.15, 0.2) is 18.2 Å². The lowest BCUT2D eigenvalue weighted by Crippen LogP contribution is -2.47. The van der Waals surface area contributed by atoms with Crippen molar-refractivity contribution in [2.24, 2.45) is 0 Å². The molecule has 1 aliphatic carbocycles. The second-order valence-corrected chi connectivity index (χ2v) is 5.89. The minimum absolute atomic E-state index is 0.200. The lowest BCUT2D eigenvalue weighted by molar-refractivity contribution is -0.138. The van der Waals surface area contributed by atoms with Gasteiger partial charge in [-0.1, -0.05) is 36.9 Å². The van der Waals surface area contributed by atoms with Gasteiger partial charge in [-0.3, -0.25) is 0 Å². The van der Waals surface area contributed by atoms with E-state index < -0.39 is 11.7 Å². The van der Waals surface area contributed by atoms with Crippen molar-refractivity contribution in [3.05, 3.63) is 34.6 Å². The zero-order chi connectivity index (χ0) is 14.6. The van der Waals surface area contributed by atoms with Crippen LogP contribution in [-0.2, 0) is 11.2 Å². The smallest absolute Gasteiger partial charge is 0.127 e. The summed E-state index contributed by atoms with van der Waals surface area (Å²) in [5, 5.41) is 11.0. The first kappa shape index (κ1) is 15.7. The van der Waals surface area contributed by atoms with Crippen molar-refractivity contribution >= 4 is 11.6 Å². The lowest BCUT2D eigenvalue weighted by atomic mass is 9.78. The summed E-state index contributed by atoms with van der Waals surface area (Å²) >= 11 is 6.04. The van der Waals surface area contributed by atoms with E-state index in [1.807, 2.05) is 6.92 Å². The van der Waals surface area contributed by atoms with Crippen molar-refractivity contribution in [2.45, 2.75) is 57.2 Å². The Morgan fingerprint density at radius 3 is 2.65 bits per heavy atom. The monoisotopic (exact) mass is 300 g/mol. The van der Waals surface area contributed by atoms with Gasteiger partial charge in [-0.25, -0.2) is 4.39 Å². The molecule has 1 N–H and O–H groups in total. The molecule has 2 nitrogen and oxygen atoms in total. The summed E-state index contributed by atoms with van der Waals surface area (Å²) in [6, 6.07) is 4.61. The van der Waals surface area contributed by atoms with Crippen LogP contribution < -0.4 is 0 Å². The molecule has 1 saturated carbocycles. The molecule has 0 heterocycles. The Kier molecular flexibility index (Phi) is 5.42. The van der Waals surface area contributed by atoms with Gasteiger partial charge in [-0.05, 0) is 31.9 Å². The molecule has 1 aliphatic rings. The largest absolute Gasteiger partial charge is 0.390 e. The Hall–Kier alpha value is -0.640. The SMILES string of the molecule is CCOC1(C(O)Cc2c(F)cccc2Cl)CCCCC1. The zero-order valence-electron chi connectivity index (χ0n) is 11.9. The third-order valence-electron chi connectivity index (χ3n) is 4.20. The summed E-state index contributed by atoms with van der Waals surface area (Å²) < 4.78 is 19.7. The van der Waals surface area contributed by atoms with E-state index in [2.05, 4.69) is 0 Å². The maximum atomic E-state index is 13.9. The van der Waals surface area contributed by atoms with Gasteiger partial charge in [-0.2, -0.15) is 0 Å². The molecule has 0 saturated heterocycles. The number of hydrogen-bond donors (Lipinski definition) is 1. The molecule has 2 rings (SSSR count). The van der Waals surface area contributed by atoms with Crippen LogP contribution in [0.1, 0.15) is 44.6 Å². The number of hydrogen-bond acceptors (Lipinski definition) is 2. The molecule has 0 bridgehead atoms. The molecule has 1 atom stereocenters. The minimum atomic E-state index is -0.725. The minimum Gasteiger partial charge on any atom is -0.390 e. The predicted octanol–water partition coefficient (Wildman–Crippen LogP) is 4.12. The van der Waals surface area contributed by atoms with Crippen molar-refractivity contribution in [1.29, 1.82) is 0 Å². The van der Waals surface area contributed by atoms with Gasteiger partial charge in [0.2, 0.25) is 0 Å². The quantitative estimate of drug-likeness (QED) is 0.886. The van der Waals surface area contributed by atoms with Gasteiger partial charge in [0.25, 0.3) is 0 Å². The molecule has 1 aromatic carbocycles. The number of aliphatic hydroxyl groups is 1. The van der Waals surface area contributed by atoms with E-state index in [0.717, 1.165) is 25.7 Å². The molecular formula is C16H22ClFO2.